The molecule has 1 rings (SSSR count). The fourth-order valence-corrected chi connectivity index (χ4v) is 1.47. The minimum atomic E-state index is -1.06. The molecule has 11 heavy (non-hydrogen) atoms. The number of methoxy groups -OCH3 is 1. The summed E-state index contributed by atoms with van der Waals surface area (Å²) in [6, 6.07) is 0. The highest BCUT2D eigenvalue weighted by Crippen LogP contribution is 2.30. The van der Waals surface area contributed by atoms with Crippen LogP contribution in [0.1, 0.15) is 10.4 Å². The topological polar surface area (TPSA) is 72.5 Å². The monoisotopic (exact) mass is 173 g/mol. The number of nitrogens with two attached hydrogens (primary N) is 1. The third kappa shape index (κ3) is 1.27. The summed E-state index contributed by atoms with van der Waals surface area (Å²) in [5.74, 6) is -0.736. The molecule has 3 N–H and O–H groups in total. The van der Waals surface area contributed by atoms with Crippen LogP contribution in [0, 0.1) is 0 Å². The van der Waals surface area contributed by atoms with Crippen LogP contribution in [-0.2, 0) is 0 Å². The van der Waals surface area contributed by atoms with Gasteiger partial charge in [0.15, 0.2) is 0 Å². The molecule has 0 saturated carbocycles. The van der Waals surface area contributed by atoms with Crippen molar-refractivity contribution in [2.45, 2.75) is 0 Å². The molecular weight excluding hydrogens is 166 g/mol. The van der Waals surface area contributed by atoms with Gasteiger partial charge in [-0.05, 0) is 0 Å². The molecular formula is C6H7NO3S. The van der Waals surface area contributed by atoms with Crippen molar-refractivity contribution in [2.75, 3.05) is 12.8 Å². The van der Waals surface area contributed by atoms with Crippen molar-refractivity contribution in [1.82, 2.24) is 0 Å². The molecule has 1 aromatic heterocycles. The Morgan fingerprint density at radius 3 is 2.82 bits per heavy atom. The van der Waals surface area contributed by atoms with Crippen LogP contribution < -0.4 is 10.5 Å². The second-order valence-corrected chi connectivity index (χ2v) is 2.76. The van der Waals surface area contributed by atoms with Crippen LogP contribution in [0.5, 0.6) is 5.75 Å². The Balaban J connectivity index is 3.17. The van der Waals surface area contributed by atoms with E-state index in [4.69, 9.17) is 15.6 Å². The van der Waals surface area contributed by atoms with Gasteiger partial charge in [0.2, 0.25) is 0 Å². The van der Waals surface area contributed by atoms with Crippen LogP contribution in [0.4, 0.5) is 5.00 Å². The van der Waals surface area contributed by atoms with E-state index in [0.717, 1.165) is 11.3 Å². The first-order chi connectivity index (χ1) is 5.16. The standard InChI is InChI=1S/C6H7NO3S/c1-10-3-2-11-5(7)4(3)6(8)9/h2H,7H2,1H3,(H,8,9). The molecule has 0 saturated heterocycles. The molecule has 0 fully saturated rings. The first-order valence-corrected chi connectivity index (χ1v) is 3.69. The fraction of sp³-hybridized carbons (Fsp3) is 0.167. The van der Waals surface area contributed by atoms with Gasteiger partial charge in [0.1, 0.15) is 16.3 Å². The maximum Gasteiger partial charge on any atom is 0.342 e. The number of hydrogen-bond donors (Lipinski definition) is 2. The Labute approximate surface area is 67.2 Å². The number of carbonyl (C=O) groups is 1. The lowest BCUT2D eigenvalue weighted by atomic mass is 10.3. The number of rotatable bonds is 2. The quantitative estimate of drug-likeness (QED) is 0.700. The molecule has 0 amide bonds. The Morgan fingerprint density at radius 2 is 2.45 bits per heavy atom. The van der Waals surface area contributed by atoms with Crippen LogP contribution in [0.15, 0.2) is 5.38 Å². The number of hydrogen-bond acceptors (Lipinski definition) is 4. The van der Waals surface area contributed by atoms with Crippen molar-refractivity contribution in [1.29, 1.82) is 0 Å². The highest BCUT2D eigenvalue weighted by molar-refractivity contribution is 7.14. The van der Waals surface area contributed by atoms with Crippen molar-refractivity contribution >= 4 is 22.3 Å². The predicted octanol–water partition coefficient (Wildman–Crippen LogP) is 1.04. The number of aromatic carboxylic acids is 1. The summed E-state index contributed by atoms with van der Waals surface area (Å²) < 4.78 is 4.78. The Kier molecular flexibility index (Phi) is 2.00. The van der Waals surface area contributed by atoms with Crippen molar-refractivity contribution < 1.29 is 14.6 Å². The van der Waals surface area contributed by atoms with E-state index in [1.165, 1.54) is 7.11 Å². The zero-order valence-electron chi connectivity index (χ0n) is 5.83. The van der Waals surface area contributed by atoms with Crippen molar-refractivity contribution in [3.8, 4) is 5.75 Å². The maximum atomic E-state index is 10.5. The van der Waals surface area contributed by atoms with Gasteiger partial charge >= 0.3 is 5.97 Å². The third-order valence-corrected chi connectivity index (χ3v) is 2.01. The van der Waals surface area contributed by atoms with Gasteiger partial charge in [0, 0.05) is 5.38 Å². The van der Waals surface area contributed by atoms with Crippen LogP contribution in [-0.4, -0.2) is 18.2 Å². The lowest BCUT2D eigenvalue weighted by molar-refractivity contribution is 0.0695. The lowest BCUT2D eigenvalue weighted by Crippen LogP contribution is -2.00. The summed E-state index contributed by atoms with van der Waals surface area (Å²) in [7, 11) is 1.41. The molecule has 0 atom stereocenters. The molecule has 0 aromatic carbocycles. The molecule has 5 heteroatoms. The van der Waals surface area contributed by atoms with Crippen LogP contribution in [0.25, 0.3) is 0 Å². The van der Waals surface area contributed by atoms with Crippen molar-refractivity contribution in [2.24, 2.45) is 0 Å². The highest BCUT2D eigenvalue weighted by atomic mass is 32.1. The smallest absolute Gasteiger partial charge is 0.342 e. The molecule has 1 heterocycles. The minimum absolute atomic E-state index is 0.0532. The minimum Gasteiger partial charge on any atom is -0.495 e. The van der Waals surface area contributed by atoms with Gasteiger partial charge in [0.05, 0.1) is 7.11 Å². The molecule has 60 valence electrons. The van der Waals surface area contributed by atoms with E-state index < -0.39 is 5.97 Å². The summed E-state index contributed by atoms with van der Waals surface area (Å²) in [4.78, 5) is 10.5. The van der Waals surface area contributed by atoms with E-state index in [0.29, 0.717) is 5.75 Å². The largest absolute Gasteiger partial charge is 0.495 e. The number of nitrogen functional groups attached to an aromatic ring is 1. The molecule has 0 aliphatic carbocycles. The first kappa shape index (κ1) is 7.87. The van der Waals surface area contributed by atoms with Crippen LogP contribution in [0.3, 0.4) is 0 Å². The average molecular weight is 173 g/mol. The summed E-state index contributed by atoms with van der Waals surface area (Å²) >= 11 is 1.16. The number of thiophene rings is 1. The van der Waals surface area contributed by atoms with E-state index in [1.807, 2.05) is 0 Å². The number of carboxylic acid groups (broad SMARTS) is 1. The average Bonchev–Trinajstić information content (AvgIpc) is 2.30. The third-order valence-electron chi connectivity index (χ3n) is 1.22. The van der Waals surface area contributed by atoms with E-state index in [2.05, 4.69) is 0 Å². The van der Waals surface area contributed by atoms with Gasteiger partial charge in [-0.15, -0.1) is 11.3 Å². The molecule has 0 spiro atoms. The van der Waals surface area contributed by atoms with Gasteiger partial charge in [0.25, 0.3) is 0 Å². The van der Waals surface area contributed by atoms with Crippen molar-refractivity contribution in [3.05, 3.63) is 10.9 Å². The summed E-state index contributed by atoms with van der Waals surface area (Å²) in [6.07, 6.45) is 0. The molecule has 0 aliphatic rings. The summed E-state index contributed by atoms with van der Waals surface area (Å²) in [5.41, 5.74) is 5.43. The zero-order chi connectivity index (χ0) is 8.43. The number of anilines is 1. The Bertz CT molecular complexity index is 281. The van der Waals surface area contributed by atoms with Gasteiger partial charge < -0.3 is 15.6 Å². The number of carboxylic acids is 1. The molecule has 0 aliphatic heterocycles. The van der Waals surface area contributed by atoms with Crippen molar-refractivity contribution in [3.63, 3.8) is 0 Å². The molecule has 1 aromatic rings. The molecule has 4 nitrogen and oxygen atoms in total. The second kappa shape index (κ2) is 2.79. The molecule has 0 unspecified atom stereocenters. The Hall–Kier alpha value is -1.23. The van der Waals surface area contributed by atoms with Gasteiger partial charge in [-0.2, -0.15) is 0 Å². The predicted molar refractivity (Wildman–Crippen MR) is 42.2 cm³/mol. The normalized spacial score (nSPS) is 9.55. The van der Waals surface area contributed by atoms with E-state index in [-0.39, 0.29) is 10.6 Å². The Morgan fingerprint density at radius 1 is 1.82 bits per heavy atom. The van der Waals surface area contributed by atoms with E-state index in [1.54, 1.807) is 5.38 Å². The van der Waals surface area contributed by atoms with Gasteiger partial charge in [-0.3, -0.25) is 0 Å². The lowest BCUT2D eigenvalue weighted by Gasteiger charge is -1.96. The van der Waals surface area contributed by atoms with E-state index >= 15 is 0 Å². The summed E-state index contributed by atoms with van der Waals surface area (Å²) in [6.45, 7) is 0. The highest BCUT2D eigenvalue weighted by Gasteiger charge is 2.16. The maximum absolute atomic E-state index is 10.5. The SMILES string of the molecule is COc1csc(N)c1C(=O)O. The van der Waals surface area contributed by atoms with Crippen LogP contribution in [0.2, 0.25) is 0 Å². The molecule has 0 radical (unpaired) electrons. The van der Waals surface area contributed by atoms with E-state index in [9.17, 15) is 4.79 Å². The van der Waals surface area contributed by atoms with Gasteiger partial charge in [-0.1, -0.05) is 0 Å². The zero-order valence-corrected chi connectivity index (χ0v) is 6.64. The number of ether oxygens (including phenoxy) is 1. The van der Waals surface area contributed by atoms with Gasteiger partial charge in [-0.25, -0.2) is 4.79 Å². The summed E-state index contributed by atoms with van der Waals surface area (Å²) in [5, 5.41) is 10.5. The fourth-order valence-electron chi connectivity index (χ4n) is 0.717. The second-order valence-electron chi connectivity index (χ2n) is 1.85. The van der Waals surface area contributed by atoms with Crippen LogP contribution >= 0.6 is 11.3 Å². The first-order valence-electron chi connectivity index (χ1n) is 2.81. The molecule has 0 bridgehead atoms.